The standard InChI is InChI=1S/C24H23N5O3/c1-14-6-7-15(21-27-23(32-28-21)24-10-16(11-24)19(12-24)31-2)9-17(14)26-22(30)18-13-25-20-5-3-4-8-29(18)20/h3-9,13,16,19H,10-12H2,1-2H3,(H,26,30)/t16?,19-,24?/m0/s1. The second kappa shape index (κ2) is 7.00. The van der Waals surface area contributed by atoms with Gasteiger partial charge in [-0.2, -0.15) is 4.98 Å². The van der Waals surface area contributed by atoms with Crippen LogP contribution >= 0.6 is 0 Å². The van der Waals surface area contributed by atoms with Crippen molar-refractivity contribution in [2.45, 2.75) is 37.7 Å². The predicted octanol–water partition coefficient (Wildman–Crippen LogP) is 4.01. The average molecular weight is 429 g/mol. The minimum Gasteiger partial charge on any atom is -0.381 e. The first-order chi connectivity index (χ1) is 15.6. The number of fused-ring (bicyclic) bond motifs is 2. The maximum Gasteiger partial charge on any atom is 0.274 e. The molecule has 3 saturated carbocycles. The van der Waals surface area contributed by atoms with E-state index in [0.29, 0.717) is 29.0 Å². The van der Waals surface area contributed by atoms with Crippen molar-refractivity contribution in [3.63, 3.8) is 0 Å². The Balaban J connectivity index is 1.26. The van der Waals surface area contributed by atoms with E-state index >= 15 is 0 Å². The molecule has 4 aromatic rings. The monoisotopic (exact) mass is 429 g/mol. The quantitative estimate of drug-likeness (QED) is 0.515. The van der Waals surface area contributed by atoms with E-state index in [1.165, 1.54) is 0 Å². The van der Waals surface area contributed by atoms with E-state index in [-0.39, 0.29) is 17.4 Å². The summed E-state index contributed by atoms with van der Waals surface area (Å²) in [5.41, 5.74) is 3.60. The highest BCUT2D eigenvalue weighted by atomic mass is 16.5. The molecule has 0 saturated heterocycles. The molecule has 162 valence electrons. The molecule has 2 bridgehead atoms. The summed E-state index contributed by atoms with van der Waals surface area (Å²) < 4.78 is 13.0. The maximum atomic E-state index is 12.9. The molecule has 8 heteroatoms. The smallest absolute Gasteiger partial charge is 0.274 e. The molecule has 1 aromatic carbocycles. The number of hydrogen-bond donors (Lipinski definition) is 1. The molecular weight excluding hydrogens is 406 g/mol. The Morgan fingerprint density at radius 2 is 2.12 bits per heavy atom. The Morgan fingerprint density at radius 3 is 2.94 bits per heavy atom. The summed E-state index contributed by atoms with van der Waals surface area (Å²) in [6.45, 7) is 1.95. The lowest BCUT2D eigenvalue weighted by Crippen LogP contribution is -2.33. The van der Waals surface area contributed by atoms with Crippen LogP contribution in [0.2, 0.25) is 0 Å². The Kier molecular flexibility index (Phi) is 4.19. The molecule has 3 fully saturated rings. The average Bonchev–Trinajstić information content (AvgIpc) is 3.55. The van der Waals surface area contributed by atoms with E-state index in [1.54, 1.807) is 17.7 Å². The Morgan fingerprint density at radius 1 is 1.25 bits per heavy atom. The first kappa shape index (κ1) is 19.2. The van der Waals surface area contributed by atoms with Crippen molar-refractivity contribution in [2.24, 2.45) is 5.92 Å². The number of carbonyl (C=O) groups excluding carboxylic acids is 1. The molecule has 7 rings (SSSR count). The highest BCUT2D eigenvalue weighted by Gasteiger charge is 2.60. The summed E-state index contributed by atoms with van der Waals surface area (Å²) in [5, 5.41) is 7.24. The van der Waals surface area contributed by atoms with Crippen LogP contribution in [0.25, 0.3) is 17.0 Å². The van der Waals surface area contributed by atoms with Crippen molar-refractivity contribution in [2.75, 3.05) is 12.4 Å². The van der Waals surface area contributed by atoms with Crippen LogP contribution in [0.3, 0.4) is 0 Å². The van der Waals surface area contributed by atoms with Gasteiger partial charge in [0.25, 0.3) is 5.91 Å². The molecule has 3 aliphatic carbocycles. The zero-order valence-electron chi connectivity index (χ0n) is 17.9. The molecule has 0 spiro atoms. The minimum atomic E-state index is -0.228. The van der Waals surface area contributed by atoms with Crippen LogP contribution in [0.4, 0.5) is 5.69 Å². The molecule has 1 N–H and O–H groups in total. The molecule has 3 aliphatic rings. The number of benzene rings is 1. The first-order valence-electron chi connectivity index (χ1n) is 10.8. The Bertz CT molecular complexity index is 1330. The summed E-state index contributed by atoms with van der Waals surface area (Å²) >= 11 is 0. The fourth-order valence-electron chi connectivity index (χ4n) is 5.20. The summed E-state index contributed by atoms with van der Waals surface area (Å²) in [6, 6.07) is 11.4. The molecule has 0 unspecified atom stereocenters. The Hall–Kier alpha value is -3.52. The number of ether oxygens (including phenoxy) is 1. The number of nitrogens with zero attached hydrogens (tertiary/aromatic N) is 4. The summed E-state index contributed by atoms with van der Waals surface area (Å²) in [4.78, 5) is 22.0. The second-order valence-corrected chi connectivity index (χ2v) is 8.91. The molecule has 0 aliphatic heterocycles. The van der Waals surface area contributed by atoms with Gasteiger partial charge in [-0.05, 0) is 55.9 Å². The fraction of sp³-hybridized carbons (Fsp3) is 0.333. The summed E-state index contributed by atoms with van der Waals surface area (Å²) in [6.07, 6.45) is 6.71. The molecule has 3 aromatic heterocycles. The lowest BCUT2D eigenvalue weighted by molar-refractivity contribution is 0.0716. The maximum absolute atomic E-state index is 12.9. The van der Waals surface area contributed by atoms with E-state index in [9.17, 15) is 4.79 Å². The molecule has 3 heterocycles. The van der Waals surface area contributed by atoms with E-state index in [2.05, 4.69) is 15.5 Å². The van der Waals surface area contributed by atoms with Gasteiger partial charge in [0.2, 0.25) is 11.7 Å². The van der Waals surface area contributed by atoms with Gasteiger partial charge in [-0.1, -0.05) is 23.4 Å². The lowest BCUT2D eigenvalue weighted by atomic mass is 9.69. The van der Waals surface area contributed by atoms with Crippen LogP contribution in [0.5, 0.6) is 0 Å². The number of imidazole rings is 1. The third-order valence-electron chi connectivity index (χ3n) is 7.00. The third-order valence-corrected chi connectivity index (χ3v) is 7.00. The van der Waals surface area contributed by atoms with Crippen LogP contribution in [-0.2, 0) is 10.2 Å². The van der Waals surface area contributed by atoms with Crippen molar-refractivity contribution in [3.8, 4) is 11.4 Å². The molecule has 1 atom stereocenters. The number of aromatic nitrogens is 4. The van der Waals surface area contributed by atoms with Gasteiger partial charge in [0.15, 0.2) is 0 Å². The largest absolute Gasteiger partial charge is 0.381 e. The zero-order valence-corrected chi connectivity index (χ0v) is 17.9. The van der Waals surface area contributed by atoms with Crippen LogP contribution in [-0.4, -0.2) is 38.6 Å². The van der Waals surface area contributed by atoms with Crippen LogP contribution in [0.1, 0.15) is 41.2 Å². The number of pyridine rings is 1. The van der Waals surface area contributed by atoms with Gasteiger partial charge >= 0.3 is 0 Å². The van der Waals surface area contributed by atoms with Gasteiger partial charge in [-0.3, -0.25) is 9.20 Å². The van der Waals surface area contributed by atoms with Gasteiger partial charge in [0, 0.05) is 24.6 Å². The van der Waals surface area contributed by atoms with Gasteiger partial charge in [-0.25, -0.2) is 4.98 Å². The number of aryl methyl sites for hydroxylation is 1. The predicted molar refractivity (Wildman–Crippen MR) is 117 cm³/mol. The molecule has 8 nitrogen and oxygen atoms in total. The number of amides is 1. The highest BCUT2D eigenvalue weighted by Crippen LogP contribution is 2.60. The van der Waals surface area contributed by atoms with Gasteiger partial charge in [0.1, 0.15) is 11.3 Å². The van der Waals surface area contributed by atoms with Gasteiger partial charge in [0.05, 0.1) is 17.7 Å². The fourth-order valence-corrected chi connectivity index (χ4v) is 5.20. The van der Waals surface area contributed by atoms with Crippen molar-refractivity contribution in [1.82, 2.24) is 19.5 Å². The van der Waals surface area contributed by atoms with Crippen molar-refractivity contribution in [1.29, 1.82) is 0 Å². The van der Waals surface area contributed by atoms with Crippen LogP contribution in [0.15, 0.2) is 53.3 Å². The first-order valence-corrected chi connectivity index (χ1v) is 10.8. The number of anilines is 1. The zero-order chi connectivity index (χ0) is 21.9. The minimum absolute atomic E-state index is 0.0403. The van der Waals surface area contributed by atoms with Crippen LogP contribution in [0, 0.1) is 12.8 Å². The van der Waals surface area contributed by atoms with Crippen LogP contribution < -0.4 is 5.32 Å². The normalized spacial score (nSPS) is 23.9. The van der Waals surface area contributed by atoms with E-state index in [4.69, 9.17) is 14.2 Å². The molecule has 32 heavy (non-hydrogen) atoms. The number of rotatable bonds is 5. The van der Waals surface area contributed by atoms with Gasteiger partial charge < -0.3 is 14.6 Å². The summed E-state index contributed by atoms with van der Waals surface area (Å²) in [5.74, 6) is 1.59. The number of hydrogen-bond acceptors (Lipinski definition) is 6. The highest BCUT2D eigenvalue weighted by molar-refractivity contribution is 6.04. The molecule has 0 radical (unpaired) electrons. The van der Waals surface area contributed by atoms with E-state index < -0.39 is 0 Å². The molecule has 1 amide bonds. The molecular formula is C24H23N5O3. The number of methoxy groups -OCH3 is 1. The Labute approximate surface area is 184 Å². The van der Waals surface area contributed by atoms with Gasteiger partial charge in [-0.15, -0.1) is 0 Å². The van der Waals surface area contributed by atoms with E-state index in [1.807, 2.05) is 49.5 Å². The third kappa shape index (κ3) is 2.86. The number of nitrogens with one attached hydrogen (secondary N) is 1. The second-order valence-electron chi connectivity index (χ2n) is 8.91. The van der Waals surface area contributed by atoms with E-state index in [0.717, 1.165) is 36.0 Å². The SMILES string of the molecule is CO[C@H]1CC2(c3nc(-c4ccc(C)c(NC(=O)c5cnc6ccccn56)c4)no3)CC1C2. The topological polar surface area (TPSA) is 94.5 Å². The van der Waals surface area contributed by atoms with Crippen molar-refractivity contribution in [3.05, 3.63) is 65.9 Å². The lowest BCUT2D eigenvalue weighted by Gasteiger charge is -2.34. The van der Waals surface area contributed by atoms with Crippen molar-refractivity contribution < 1.29 is 14.1 Å². The van der Waals surface area contributed by atoms with Crippen molar-refractivity contribution >= 4 is 17.2 Å². The number of carbonyl (C=O) groups is 1. The summed E-state index contributed by atoms with van der Waals surface area (Å²) in [7, 11) is 1.77.